The highest BCUT2D eigenvalue weighted by atomic mass is 32.1. The maximum Gasteiger partial charge on any atom is 0.391 e. The van der Waals surface area contributed by atoms with Crippen LogP contribution in [0.2, 0.25) is 0 Å². The molecule has 1 aromatic heterocycles. The molecular formula is C8H9F3N2OS. The van der Waals surface area contributed by atoms with Gasteiger partial charge in [-0.05, 0) is 19.1 Å². The summed E-state index contributed by atoms with van der Waals surface area (Å²) in [6.45, 7) is 1.39. The molecule has 0 spiro atoms. The topological polar surface area (TPSA) is 37.8 Å². The molecule has 1 aromatic rings. The molecule has 3 nitrogen and oxygen atoms in total. The van der Waals surface area contributed by atoms with E-state index < -0.39 is 24.2 Å². The Labute approximate surface area is 88.6 Å². The first-order chi connectivity index (χ1) is 6.79. The van der Waals surface area contributed by atoms with Crippen molar-refractivity contribution in [3.05, 3.63) is 27.4 Å². The number of nitrogens with one attached hydrogen (secondary N) is 1. The van der Waals surface area contributed by atoms with Crippen LogP contribution in [0.5, 0.6) is 0 Å². The van der Waals surface area contributed by atoms with Crippen molar-refractivity contribution in [1.29, 1.82) is 0 Å². The molecule has 1 atom stereocenters. The second-order valence-electron chi connectivity index (χ2n) is 3.19. The quantitative estimate of drug-likeness (QED) is 0.803. The van der Waals surface area contributed by atoms with Crippen molar-refractivity contribution >= 4 is 12.2 Å². The van der Waals surface area contributed by atoms with Crippen LogP contribution in [0.15, 0.2) is 17.1 Å². The third-order valence-corrected chi connectivity index (χ3v) is 2.17. The van der Waals surface area contributed by atoms with Crippen LogP contribution in [0, 0.1) is 4.77 Å². The lowest BCUT2D eigenvalue weighted by Gasteiger charge is -2.17. The van der Waals surface area contributed by atoms with E-state index in [4.69, 9.17) is 12.2 Å². The Balaban J connectivity index is 2.97. The zero-order chi connectivity index (χ0) is 11.6. The van der Waals surface area contributed by atoms with Gasteiger partial charge in [-0.2, -0.15) is 13.2 Å². The summed E-state index contributed by atoms with van der Waals surface area (Å²) in [5, 5.41) is 0. The summed E-state index contributed by atoms with van der Waals surface area (Å²) >= 11 is 4.74. The Morgan fingerprint density at radius 1 is 1.60 bits per heavy atom. The fourth-order valence-corrected chi connectivity index (χ4v) is 1.55. The van der Waals surface area contributed by atoms with Crippen molar-refractivity contribution in [1.82, 2.24) is 9.55 Å². The normalized spacial score (nSPS) is 13.9. The molecule has 0 fully saturated rings. The number of aromatic nitrogens is 2. The van der Waals surface area contributed by atoms with Crippen LogP contribution in [0.3, 0.4) is 0 Å². The maximum atomic E-state index is 12.1. The number of H-pyrrole nitrogens is 1. The van der Waals surface area contributed by atoms with Crippen LogP contribution in [0.1, 0.15) is 19.4 Å². The number of rotatable bonds is 2. The third kappa shape index (κ3) is 3.50. The first-order valence-corrected chi connectivity index (χ1v) is 4.58. The molecule has 0 radical (unpaired) electrons. The lowest BCUT2D eigenvalue weighted by molar-refractivity contribution is -0.141. The fraction of sp³-hybridized carbons (Fsp3) is 0.500. The highest BCUT2D eigenvalue weighted by Crippen LogP contribution is 2.26. The summed E-state index contributed by atoms with van der Waals surface area (Å²) in [4.78, 5) is 13.1. The Kier molecular flexibility index (Phi) is 3.33. The van der Waals surface area contributed by atoms with Crippen LogP contribution in [-0.4, -0.2) is 15.7 Å². The molecule has 0 aliphatic carbocycles. The molecule has 0 aliphatic rings. The zero-order valence-corrected chi connectivity index (χ0v) is 8.65. The molecule has 0 aromatic carbocycles. The van der Waals surface area contributed by atoms with E-state index in [9.17, 15) is 18.0 Å². The molecule has 0 bridgehead atoms. The second kappa shape index (κ2) is 4.18. The fourth-order valence-electron chi connectivity index (χ4n) is 1.21. The molecule has 1 rings (SSSR count). The van der Waals surface area contributed by atoms with Crippen LogP contribution >= 0.6 is 12.2 Å². The van der Waals surface area contributed by atoms with Crippen molar-refractivity contribution in [2.45, 2.75) is 25.6 Å². The van der Waals surface area contributed by atoms with E-state index in [-0.39, 0.29) is 4.77 Å². The van der Waals surface area contributed by atoms with E-state index in [1.165, 1.54) is 17.7 Å². The van der Waals surface area contributed by atoms with Crippen molar-refractivity contribution in [3.63, 3.8) is 0 Å². The van der Waals surface area contributed by atoms with Crippen LogP contribution in [-0.2, 0) is 0 Å². The van der Waals surface area contributed by atoms with Crippen molar-refractivity contribution < 1.29 is 13.2 Å². The van der Waals surface area contributed by atoms with E-state index in [0.29, 0.717) is 0 Å². The molecule has 7 heteroatoms. The first-order valence-electron chi connectivity index (χ1n) is 4.18. The molecule has 84 valence electrons. The lowest BCUT2D eigenvalue weighted by Crippen LogP contribution is -2.19. The molecule has 0 amide bonds. The van der Waals surface area contributed by atoms with Gasteiger partial charge in [0.25, 0.3) is 5.56 Å². The molecule has 0 saturated carbocycles. The van der Waals surface area contributed by atoms with E-state index in [0.717, 1.165) is 6.07 Å². The monoisotopic (exact) mass is 238 g/mol. The number of aromatic amines is 1. The first kappa shape index (κ1) is 12.0. The van der Waals surface area contributed by atoms with Gasteiger partial charge in [-0.15, -0.1) is 0 Å². The molecular weight excluding hydrogens is 229 g/mol. The van der Waals surface area contributed by atoms with Gasteiger partial charge < -0.3 is 4.57 Å². The maximum absolute atomic E-state index is 12.1. The lowest BCUT2D eigenvalue weighted by atomic mass is 10.2. The predicted octanol–water partition coefficient (Wildman–Crippen LogP) is 2.42. The Bertz CT molecular complexity index is 448. The number of hydrogen-bond acceptors (Lipinski definition) is 2. The molecule has 1 heterocycles. The highest BCUT2D eigenvalue weighted by molar-refractivity contribution is 7.71. The molecule has 0 aliphatic heterocycles. The average molecular weight is 238 g/mol. The minimum Gasteiger partial charge on any atom is -0.322 e. The van der Waals surface area contributed by atoms with E-state index in [2.05, 4.69) is 4.98 Å². The van der Waals surface area contributed by atoms with Gasteiger partial charge in [0, 0.05) is 18.3 Å². The smallest absolute Gasteiger partial charge is 0.322 e. The Morgan fingerprint density at radius 2 is 2.20 bits per heavy atom. The molecule has 15 heavy (non-hydrogen) atoms. The van der Waals surface area contributed by atoms with Gasteiger partial charge in [-0.25, -0.2) is 0 Å². The summed E-state index contributed by atoms with van der Waals surface area (Å²) in [6, 6.07) is 0.317. The summed E-state index contributed by atoms with van der Waals surface area (Å²) in [5.74, 6) is 0. The van der Waals surface area contributed by atoms with Gasteiger partial charge in [0.05, 0.1) is 6.42 Å². The van der Waals surface area contributed by atoms with Crippen molar-refractivity contribution in [2.24, 2.45) is 0 Å². The van der Waals surface area contributed by atoms with Gasteiger partial charge in [-0.3, -0.25) is 9.78 Å². The van der Waals surface area contributed by atoms with Crippen LogP contribution in [0.25, 0.3) is 0 Å². The van der Waals surface area contributed by atoms with Gasteiger partial charge in [0.2, 0.25) is 0 Å². The van der Waals surface area contributed by atoms with Crippen LogP contribution in [0.4, 0.5) is 13.2 Å². The van der Waals surface area contributed by atoms with E-state index >= 15 is 0 Å². The van der Waals surface area contributed by atoms with Crippen LogP contribution < -0.4 is 5.56 Å². The van der Waals surface area contributed by atoms with E-state index in [1.807, 2.05) is 0 Å². The van der Waals surface area contributed by atoms with Gasteiger partial charge >= 0.3 is 6.18 Å². The second-order valence-corrected chi connectivity index (χ2v) is 3.57. The van der Waals surface area contributed by atoms with Gasteiger partial charge in [0.15, 0.2) is 4.77 Å². The van der Waals surface area contributed by atoms with Crippen molar-refractivity contribution in [2.75, 3.05) is 0 Å². The largest absolute Gasteiger partial charge is 0.391 e. The third-order valence-electron chi connectivity index (χ3n) is 1.85. The summed E-state index contributed by atoms with van der Waals surface area (Å²) in [6.07, 6.45) is -3.96. The standard InChI is InChI=1S/C8H9F3N2OS/c1-5(4-8(9,10)11)13-3-2-6(14)12-7(13)15/h2-3,5H,4H2,1H3,(H,12,14,15). The SMILES string of the molecule is CC(CC(F)(F)F)n1ccc(=O)[nH]c1=S. The summed E-state index contributed by atoms with van der Waals surface area (Å²) < 4.78 is 37.5. The Morgan fingerprint density at radius 3 is 2.67 bits per heavy atom. The molecule has 1 unspecified atom stereocenters. The number of halogens is 3. The van der Waals surface area contributed by atoms with Gasteiger partial charge in [-0.1, -0.05) is 0 Å². The minimum atomic E-state index is -4.25. The van der Waals surface area contributed by atoms with E-state index in [1.54, 1.807) is 0 Å². The zero-order valence-electron chi connectivity index (χ0n) is 7.84. The Hall–Kier alpha value is -1.11. The molecule has 0 saturated heterocycles. The summed E-state index contributed by atoms with van der Waals surface area (Å²) in [7, 11) is 0. The predicted molar refractivity (Wildman–Crippen MR) is 51.3 cm³/mol. The van der Waals surface area contributed by atoms with Gasteiger partial charge in [0.1, 0.15) is 0 Å². The average Bonchev–Trinajstić information content (AvgIpc) is 1.99. The highest BCUT2D eigenvalue weighted by Gasteiger charge is 2.30. The van der Waals surface area contributed by atoms with Crippen molar-refractivity contribution in [3.8, 4) is 0 Å². The number of alkyl halides is 3. The molecule has 1 N–H and O–H groups in total. The minimum absolute atomic E-state index is 0.000694. The number of nitrogens with zero attached hydrogens (tertiary/aromatic N) is 1. The summed E-state index contributed by atoms with van der Waals surface area (Å²) in [5.41, 5.74) is -0.421. The number of hydrogen-bond donors (Lipinski definition) is 1.